The van der Waals surface area contributed by atoms with Crippen LogP contribution in [0, 0.1) is 0 Å². The van der Waals surface area contributed by atoms with Crippen LogP contribution in [0.1, 0.15) is 38.4 Å². The second-order valence-electron chi connectivity index (χ2n) is 7.77. The van der Waals surface area contributed by atoms with Gasteiger partial charge in [-0.05, 0) is 44.5 Å². The number of benzene rings is 1. The maximum atomic E-state index is 13.2. The smallest absolute Gasteiger partial charge is 0.256 e. The second-order valence-corrected chi connectivity index (χ2v) is 7.77. The van der Waals surface area contributed by atoms with Crippen LogP contribution in [0.4, 0.5) is 11.4 Å². The number of nitrogens with zero attached hydrogens (tertiary/aromatic N) is 3. The summed E-state index contributed by atoms with van der Waals surface area (Å²) in [5.74, 6) is 0.00510. The molecular formula is C20H28N4O3. The van der Waals surface area contributed by atoms with E-state index in [9.17, 15) is 9.59 Å². The van der Waals surface area contributed by atoms with E-state index in [1.54, 1.807) is 11.8 Å². The third-order valence-corrected chi connectivity index (χ3v) is 5.81. The summed E-state index contributed by atoms with van der Waals surface area (Å²) in [4.78, 5) is 31.3. The van der Waals surface area contributed by atoms with Crippen molar-refractivity contribution in [3.8, 4) is 0 Å². The molecule has 3 aliphatic rings. The van der Waals surface area contributed by atoms with Gasteiger partial charge >= 0.3 is 0 Å². The number of amides is 2. The van der Waals surface area contributed by atoms with E-state index >= 15 is 0 Å². The van der Waals surface area contributed by atoms with Gasteiger partial charge in [-0.2, -0.15) is 0 Å². The summed E-state index contributed by atoms with van der Waals surface area (Å²) in [7, 11) is 2.09. The normalized spacial score (nSPS) is 28.5. The van der Waals surface area contributed by atoms with Crippen LogP contribution in [0.15, 0.2) is 18.2 Å². The maximum absolute atomic E-state index is 13.2. The molecule has 0 spiro atoms. The number of anilines is 2. The molecule has 1 aromatic rings. The lowest BCUT2D eigenvalue weighted by molar-refractivity contribution is -0.127. The van der Waals surface area contributed by atoms with E-state index in [-0.39, 0.29) is 30.1 Å². The third kappa shape index (κ3) is 3.24. The summed E-state index contributed by atoms with van der Waals surface area (Å²) < 4.78 is 5.65. The van der Waals surface area contributed by atoms with Crippen LogP contribution in [0.2, 0.25) is 0 Å². The van der Waals surface area contributed by atoms with Crippen molar-refractivity contribution in [2.45, 2.75) is 45.0 Å². The quantitative estimate of drug-likeness (QED) is 0.852. The molecule has 3 atom stereocenters. The second kappa shape index (κ2) is 7.22. The van der Waals surface area contributed by atoms with Gasteiger partial charge in [0.05, 0.1) is 23.6 Å². The minimum atomic E-state index is -0.370. The van der Waals surface area contributed by atoms with Crippen LogP contribution in [-0.4, -0.2) is 62.1 Å². The Kier molecular flexibility index (Phi) is 4.92. The number of hydrogen-bond donors (Lipinski definition) is 1. The number of ether oxygens (including phenoxy) is 1. The highest BCUT2D eigenvalue weighted by Crippen LogP contribution is 2.39. The highest BCUT2D eigenvalue weighted by Gasteiger charge is 2.38. The van der Waals surface area contributed by atoms with E-state index < -0.39 is 0 Å². The Labute approximate surface area is 160 Å². The molecule has 27 heavy (non-hydrogen) atoms. The van der Waals surface area contributed by atoms with Gasteiger partial charge in [0.25, 0.3) is 5.91 Å². The summed E-state index contributed by atoms with van der Waals surface area (Å²) in [6.45, 7) is 6.62. The molecule has 0 aliphatic carbocycles. The third-order valence-electron chi connectivity index (χ3n) is 5.81. The topological polar surface area (TPSA) is 65.1 Å². The molecule has 4 rings (SSSR count). The van der Waals surface area contributed by atoms with Gasteiger partial charge in [0, 0.05) is 33.2 Å². The van der Waals surface area contributed by atoms with Crippen LogP contribution in [0.5, 0.6) is 0 Å². The van der Waals surface area contributed by atoms with Crippen molar-refractivity contribution < 1.29 is 14.3 Å². The molecule has 0 bridgehead atoms. The molecule has 3 aliphatic heterocycles. The van der Waals surface area contributed by atoms with Crippen molar-refractivity contribution in [3.05, 3.63) is 23.8 Å². The molecule has 0 radical (unpaired) electrons. The molecule has 7 nitrogen and oxygen atoms in total. The molecule has 3 heterocycles. The average molecular weight is 372 g/mol. The molecule has 146 valence electrons. The molecule has 1 N–H and O–H groups in total. The van der Waals surface area contributed by atoms with Gasteiger partial charge in [-0.15, -0.1) is 0 Å². The largest absolute Gasteiger partial charge is 0.368 e. The van der Waals surface area contributed by atoms with Crippen molar-refractivity contribution in [2.75, 3.05) is 43.1 Å². The van der Waals surface area contributed by atoms with E-state index in [0.717, 1.165) is 42.9 Å². The first-order valence-electron chi connectivity index (χ1n) is 9.77. The van der Waals surface area contributed by atoms with E-state index in [2.05, 4.69) is 29.4 Å². The highest BCUT2D eigenvalue weighted by molar-refractivity contribution is 6.05. The SMILES string of the molecule is CC(=O)N1c2ccc(C3NCCN3C)cc2N(C(=O)C2CCCO2)C[C@@H]1C. The fraction of sp³-hybridized carbons (Fsp3) is 0.600. The molecule has 2 fully saturated rings. The molecular weight excluding hydrogens is 344 g/mol. The zero-order valence-corrected chi connectivity index (χ0v) is 16.3. The number of rotatable bonds is 2. The number of carbonyl (C=O) groups excluding carboxylic acids is 2. The zero-order valence-electron chi connectivity index (χ0n) is 16.3. The Bertz CT molecular complexity index is 747. The molecule has 2 saturated heterocycles. The van der Waals surface area contributed by atoms with Crippen molar-refractivity contribution in [1.29, 1.82) is 0 Å². The maximum Gasteiger partial charge on any atom is 0.256 e. The Morgan fingerprint density at radius 2 is 2.07 bits per heavy atom. The van der Waals surface area contributed by atoms with Gasteiger partial charge in [0.1, 0.15) is 6.10 Å². The van der Waals surface area contributed by atoms with Crippen LogP contribution in [0.25, 0.3) is 0 Å². The first-order chi connectivity index (χ1) is 13.0. The summed E-state index contributed by atoms with van der Waals surface area (Å²) in [5.41, 5.74) is 2.72. The number of nitrogens with one attached hydrogen (secondary N) is 1. The van der Waals surface area contributed by atoms with Crippen molar-refractivity contribution >= 4 is 23.2 Å². The molecule has 7 heteroatoms. The summed E-state index contributed by atoms with van der Waals surface area (Å²) in [5, 5.41) is 3.49. The summed E-state index contributed by atoms with van der Waals surface area (Å²) >= 11 is 0. The van der Waals surface area contributed by atoms with Crippen molar-refractivity contribution in [3.63, 3.8) is 0 Å². The number of carbonyl (C=O) groups is 2. The lowest BCUT2D eigenvalue weighted by Gasteiger charge is -2.42. The van der Waals surface area contributed by atoms with Crippen LogP contribution >= 0.6 is 0 Å². The van der Waals surface area contributed by atoms with Gasteiger partial charge in [0.15, 0.2) is 0 Å². The molecule has 2 unspecified atom stereocenters. The predicted octanol–water partition coefficient (Wildman–Crippen LogP) is 1.49. The Balaban J connectivity index is 1.75. The molecule has 1 aromatic carbocycles. The van der Waals surface area contributed by atoms with Gasteiger partial charge in [-0.25, -0.2) is 0 Å². The molecule has 0 aromatic heterocycles. The monoisotopic (exact) mass is 372 g/mol. The highest BCUT2D eigenvalue weighted by atomic mass is 16.5. The lowest BCUT2D eigenvalue weighted by Crippen LogP contribution is -2.53. The Morgan fingerprint density at radius 1 is 1.26 bits per heavy atom. The van der Waals surface area contributed by atoms with Gasteiger partial charge in [-0.1, -0.05) is 6.07 Å². The predicted molar refractivity (Wildman–Crippen MR) is 104 cm³/mol. The summed E-state index contributed by atoms with van der Waals surface area (Å²) in [6, 6.07) is 6.02. The summed E-state index contributed by atoms with van der Waals surface area (Å²) in [6.07, 6.45) is 1.44. The number of likely N-dealkylation sites (N-methyl/N-ethyl adjacent to an activating group) is 1. The first-order valence-corrected chi connectivity index (χ1v) is 9.77. The zero-order chi connectivity index (χ0) is 19.1. The fourth-order valence-electron chi connectivity index (χ4n) is 4.48. The first kappa shape index (κ1) is 18.4. The standard InChI is InChI=1S/C20H28N4O3/c1-13-12-23(20(26)18-5-4-10-27-18)17-11-15(19-21-8-9-22(19)3)6-7-16(17)24(13)14(2)25/h6-7,11,13,18-19,21H,4-5,8-10,12H2,1-3H3/t13-,18?,19?/m0/s1. The molecule has 2 amide bonds. The van der Waals surface area contributed by atoms with Crippen molar-refractivity contribution in [1.82, 2.24) is 10.2 Å². The lowest BCUT2D eigenvalue weighted by atomic mass is 10.0. The Morgan fingerprint density at radius 3 is 2.70 bits per heavy atom. The van der Waals surface area contributed by atoms with Gasteiger partial charge in [0.2, 0.25) is 5.91 Å². The Hall–Kier alpha value is -1.96. The van der Waals surface area contributed by atoms with Gasteiger partial charge < -0.3 is 14.5 Å². The van der Waals surface area contributed by atoms with Crippen LogP contribution < -0.4 is 15.1 Å². The number of hydrogen-bond acceptors (Lipinski definition) is 5. The fourth-order valence-corrected chi connectivity index (χ4v) is 4.48. The minimum Gasteiger partial charge on any atom is -0.368 e. The van der Waals surface area contributed by atoms with Crippen molar-refractivity contribution in [2.24, 2.45) is 0 Å². The number of fused-ring (bicyclic) bond motifs is 1. The molecule has 0 saturated carbocycles. The van der Waals surface area contributed by atoms with Crippen LogP contribution in [0.3, 0.4) is 0 Å². The van der Waals surface area contributed by atoms with Gasteiger partial charge in [-0.3, -0.25) is 19.8 Å². The van der Waals surface area contributed by atoms with Crippen LogP contribution in [-0.2, 0) is 14.3 Å². The van der Waals surface area contributed by atoms with E-state index in [1.165, 1.54) is 0 Å². The van der Waals surface area contributed by atoms with E-state index in [0.29, 0.717) is 13.2 Å². The minimum absolute atomic E-state index is 0.00294. The average Bonchev–Trinajstić information content (AvgIpc) is 3.31. The van der Waals surface area contributed by atoms with E-state index in [4.69, 9.17) is 4.74 Å². The van der Waals surface area contributed by atoms with E-state index in [1.807, 2.05) is 17.9 Å².